The maximum Gasteiger partial charge on any atom is 0.311 e. The summed E-state index contributed by atoms with van der Waals surface area (Å²) in [6.07, 6.45) is 1.54. The number of benzene rings is 1. The Labute approximate surface area is 158 Å². The van der Waals surface area contributed by atoms with Crippen LogP contribution in [0, 0.1) is 12.7 Å². The van der Waals surface area contributed by atoms with Gasteiger partial charge in [-0.25, -0.2) is 4.98 Å². The van der Waals surface area contributed by atoms with Crippen molar-refractivity contribution >= 4 is 27.3 Å². The van der Waals surface area contributed by atoms with Crippen LogP contribution in [0.3, 0.4) is 0 Å². The molecule has 0 spiro atoms. The number of nitrogens with one attached hydrogen (secondary N) is 1. The third kappa shape index (κ3) is 3.30. The molecular formula is C18H18FN5O2S. The zero-order chi connectivity index (χ0) is 19.0. The Morgan fingerprint density at radius 3 is 2.93 bits per heavy atom. The molecular weight excluding hydrogens is 369 g/mol. The van der Waals surface area contributed by atoms with E-state index in [2.05, 4.69) is 15.4 Å². The van der Waals surface area contributed by atoms with Gasteiger partial charge in [0.2, 0.25) is 21.8 Å². The molecule has 0 aliphatic carbocycles. The highest BCUT2D eigenvalue weighted by Crippen LogP contribution is 2.29. The van der Waals surface area contributed by atoms with Gasteiger partial charge in [-0.1, -0.05) is 41.7 Å². The van der Waals surface area contributed by atoms with Gasteiger partial charge in [-0.05, 0) is 25.3 Å². The van der Waals surface area contributed by atoms with Crippen molar-refractivity contribution in [1.82, 2.24) is 19.9 Å². The maximum atomic E-state index is 13.8. The predicted octanol–water partition coefficient (Wildman–Crippen LogP) is 1.88. The van der Waals surface area contributed by atoms with E-state index >= 15 is 0 Å². The first-order valence-electron chi connectivity index (χ1n) is 8.69. The monoisotopic (exact) mass is 387 g/mol. The lowest BCUT2D eigenvalue weighted by Gasteiger charge is -2.22. The molecule has 2 aromatic heterocycles. The summed E-state index contributed by atoms with van der Waals surface area (Å²) < 4.78 is 14.8. The molecule has 1 unspecified atom stereocenters. The molecule has 1 saturated heterocycles. The Hall–Kier alpha value is -2.81. The number of nitrogens with zero attached hydrogens (tertiary/aromatic N) is 4. The lowest BCUT2D eigenvalue weighted by atomic mass is 10.2. The highest BCUT2D eigenvalue weighted by molar-refractivity contribution is 7.20. The van der Waals surface area contributed by atoms with Gasteiger partial charge in [0.15, 0.2) is 0 Å². The summed E-state index contributed by atoms with van der Waals surface area (Å²) >= 11 is 1.19. The minimum absolute atomic E-state index is 0.0498. The van der Waals surface area contributed by atoms with Gasteiger partial charge in [0, 0.05) is 13.1 Å². The molecule has 140 valence electrons. The first-order valence-corrected chi connectivity index (χ1v) is 9.50. The first kappa shape index (κ1) is 17.6. The zero-order valence-electron chi connectivity index (χ0n) is 14.7. The maximum absolute atomic E-state index is 13.8. The molecule has 0 saturated carbocycles. The fourth-order valence-corrected chi connectivity index (χ4v) is 4.22. The molecule has 1 atom stereocenters. The molecule has 1 amide bonds. The zero-order valence-corrected chi connectivity index (χ0v) is 15.5. The van der Waals surface area contributed by atoms with Gasteiger partial charge in [0.1, 0.15) is 6.04 Å². The number of rotatable bonds is 4. The number of hydrogen-bond donors (Lipinski definition) is 1. The number of aryl methyl sites for hydroxylation is 1. The second-order valence-corrected chi connectivity index (χ2v) is 7.38. The van der Waals surface area contributed by atoms with E-state index < -0.39 is 11.4 Å². The van der Waals surface area contributed by atoms with Crippen LogP contribution in [0.2, 0.25) is 0 Å². The van der Waals surface area contributed by atoms with Crippen LogP contribution in [0.4, 0.5) is 9.52 Å². The summed E-state index contributed by atoms with van der Waals surface area (Å²) in [7, 11) is 0. The van der Waals surface area contributed by atoms with Crippen LogP contribution in [0.15, 0.2) is 35.1 Å². The average molecular weight is 387 g/mol. The standard InChI is InChI=1S/C18H18FN5O2S/c1-11-14(19)16(26)24-17(21-11)27-18(22-24)23-9-5-8-13(23)15(25)20-10-12-6-3-2-4-7-12/h2-4,6-7,13H,5,8-10H2,1H3,(H,20,25). The van der Waals surface area contributed by atoms with E-state index in [-0.39, 0.29) is 17.6 Å². The molecule has 9 heteroatoms. The molecule has 0 radical (unpaired) electrons. The molecule has 1 fully saturated rings. The van der Waals surface area contributed by atoms with Crippen LogP contribution in [0.5, 0.6) is 0 Å². The Bertz CT molecular complexity index is 1050. The van der Waals surface area contributed by atoms with E-state index in [9.17, 15) is 14.0 Å². The largest absolute Gasteiger partial charge is 0.350 e. The molecule has 1 aliphatic heterocycles. The molecule has 1 aromatic carbocycles. The topological polar surface area (TPSA) is 79.6 Å². The van der Waals surface area contributed by atoms with Gasteiger partial charge in [0.25, 0.3) is 0 Å². The van der Waals surface area contributed by atoms with Crippen LogP contribution in [-0.4, -0.2) is 33.1 Å². The lowest BCUT2D eigenvalue weighted by molar-refractivity contribution is -0.122. The van der Waals surface area contributed by atoms with Crippen molar-refractivity contribution in [3.63, 3.8) is 0 Å². The summed E-state index contributed by atoms with van der Waals surface area (Å²) in [5.74, 6) is -0.985. The molecule has 3 aromatic rings. The van der Waals surface area contributed by atoms with Gasteiger partial charge < -0.3 is 10.2 Å². The Morgan fingerprint density at radius 2 is 2.15 bits per heavy atom. The number of fused-ring (bicyclic) bond motifs is 1. The number of carbonyl (C=O) groups excluding carboxylic acids is 1. The highest BCUT2D eigenvalue weighted by Gasteiger charge is 2.33. The summed E-state index contributed by atoms with van der Waals surface area (Å²) in [6.45, 7) is 2.56. The number of aromatic nitrogens is 3. The van der Waals surface area contributed by atoms with Gasteiger partial charge >= 0.3 is 5.56 Å². The van der Waals surface area contributed by atoms with Crippen molar-refractivity contribution in [3.05, 3.63) is 57.8 Å². The number of halogens is 1. The van der Waals surface area contributed by atoms with Gasteiger partial charge in [0.05, 0.1) is 5.69 Å². The van der Waals surface area contributed by atoms with Crippen molar-refractivity contribution in [2.75, 3.05) is 11.4 Å². The van der Waals surface area contributed by atoms with E-state index in [4.69, 9.17) is 0 Å². The summed E-state index contributed by atoms with van der Waals surface area (Å²) in [5.41, 5.74) is 0.259. The fourth-order valence-electron chi connectivity index (χ4n) is 3.20. The van der Waals surface area contributed by atoms with Crippen molar-refractivity contribution in [3.8, 4) is 0 Å². The molecule has 0 bridgehead atoms. The van der Waals surface area contributed by atoms with E-state index in [0.29, 0.717) is 29.6 Å². The van der Waals surface area contributed by atoms with E-state index in [0.717, 1.165) is 16.5 Å². The number of carbonyl (C=O) groups is 1. The number of anilines is 1. The van der Waals surface area contributed by atoms with Crippen LogP contribution >= 0.6 is 11.3 Å². The van der Waals surface area contributed by atoms with Gasteiger partial charge in [-0.2, -0.15) is 8.91 Å². The minimum Gasteiger partial charge on any atom is -0.350 e. The van der Waals surface area contributed by atoms with Gasteiger partial charge in [-0.15, -0.1) is 5.10 Å². The Morgan fingerprint density at radius 1 is 1.37 bits per heavy atom. The van der Waals surface area contributed by atoms with Crippen molar-refractivity contribution in [2.45, 2.75) is 32.4 Å². The van der Waals surface area contributed by atoms with E-state index in [1.165, 1.54) is 18.3 Å². The normalized spacial score (nSPS) is 16.8. The van der Waals surface area contributed by atoms with Crippen molar-refractivity contribution in [1.29, 1.82) is 0 Å². The smallest absolute Gasteiger partial charge is 0.311 e. The third-order valence-corrected chi connectivity index (χ3v) is 5.57. The SMILES string of the molecule is Cc1nc2sc(N3CCCC3C(=O)NCc3ccccc3)nn2c(=O)c1F. The second-order valence-electron chi connectivity index (χ2n) is 6.45. The van der Waals surface area contributed by atoms with Gasteiger partial charge in [-0.3, -0.25) is 9.59 Å². The van der Waals surface area contributed by atoms with Crippen molar-refractivity contribution in [2.24, 2.45) is 0 Å². The molecule has 27 heavy (non-hydrogen) atoms. The second kappa shape index (κ2) is 7.07. The van der Waals surface area contributed by atoms with Crippen LogP contribution < -0.4 is 15.8 Å². The third-order valence-electron chi connectivity index (χ3n) is 4.62. The van der Waals surface area contributed by atoms with E-state index in [1.54, 1.807) is 0 Å². The van der Waals surface area contributed by atoms with Crippen LogP contribution in [0.1, 0.15) is 24.1 Å². The van der Waals surface area contributed by atoms with E-state index in [1.807, 2.05) is 35.2 Å². The average Bonchev–Trinajstić information content (AvgIpc) is 3.32. The van der Waals surface area contributed by atoms with Crippen molar-refractivity contribution < 1.29 is 9.18 Å². The quantitative estimate of drug-likeness (QED) is 0.740. The highest BCUT2D eigenvalue weighted by atomic mass is 32.1. The minimum atomic E-state index is -0.900. The summed E-state index contributed by atoms with van der Waals surface area (Å²) in [5, 5.41) is 7.67. The molecule has 1 aliphatic rings. The lowest BCUT2D eigenvalue weighted by Crippen LogP contribution is -2.43. The van der Waals surface area contributed by atoms with Crippen LogP contribution in [-0.2, 0) is 11.3 Å². The molecule has 3 heterocycles. The number of amides is 1. The summed E-state index contributed by atoms with van der Waals surface area (Å²) in [6, 6.07) is 9.32. The Balaban J connectivity index is 1.56. The fraction of sp³-hybridized carbons (Fsp3) is 0.333. The molecule has 4 rings (SSSR count). The van der Waals surface area contributed by atoms with Crippen LogP contribution in [0.25, 0.3) is 4.96 Å². The molecule has 7 nitrogen and oxygen atoms in total. The molecule has 1 N–H and O–H groups in total. The first-order chi connectivity index (χ1) is 13.0. The Kier molecular flexibility index (Phi) is 4.61. The number of hydrogen-bond acceptors (Lipinski definition) is 6. The summed E-state index contributed by atoms with van der Waals surface area (Å²) in [4.78, 5) is 31.0. The predicted molar refractivity (Wildman–Crippen MR) is 100 cm³/mol.